The molecule has 4 aromatic rings. The van der Waals surface area contributed by atoms with Gasteiger partial charge in [-0.15, -0.1) is 0 Å². The molecule has 0 amide bonds. The van der Waals surface area contributed by atoms with E-state index in [4.69, 9.17) is 0 Å². The van der Waals surface area contributed by atoms with Crippen LogP contribution in [0.2, 0.25) is 0 Å². The van der Waals surface area contributed by atoms with Crippen LogP contribution in [0.5, 0.6) is 11.5 Å². The van der Waals surface area contributed by atoms with E-state index in [0.717, 1.165) is 33.4 Å². The van der Waals surface area contributed by atoms with Crippen LogP contribution in [-0.4, -0.2) is 10.2 Å². The van der Waals surface area contributed by atoms with Crippen LogP contribution in [0.15, 0.2) is 84.9 Å². The molecule has 0 aliphatic rings. The summed E-state index contributed by atoms with van der Waals surface area (Å²) >= 11 is 0. The lowest BCUT2D eigenvalue weighted by molar-refractivity contribution is 0.369. The molecule has 0 aliphatic heterocycles. The highest BCUT2D eigenvalue weighted by Gasteiger charge is 2.29. The number of benzene rings is 4. The van der Waals surface area contributed by atoms with Crippen LogP contribution in [0.25, 0.3) is 0 Å². The van der Waals surface area contributed by atoms with Crippen molar-refractivity contribution < 1.29 is 10.2 Å². The first-order valence-corrected chi connectivity index (χ1v) is 17.5. The molecule has 4 aromatic carbocycles. The Bertz CT molecular complexity index is 1540. The van der Waals surface area contributed by atoms with Crippen LogP contribution in [0.1, 0.15) is 140 Å². The molecule has 0 fully saturated rings. The summed E-state index contributed by atoms with van der Waals surface area (Å²) in [6.45, 7) is 27.2. The molecule has 0 aromatic heterocycles. The first-order chi connectivity index (χ1) is 22.2. The lowest BCUT2D eigenvalue weighted by Gasteiger charge is -2.32. The first kappa shape index (κ1) is 37.2. The fraction of sp³-hybridized carbons (Fsp3) is 0.455. The topological polar surface area (TPSA) is 64.5 Å². The van der Waals surface area contributed by atoms with Crippen molar-refractivity contribution in [3.63, 3.8) is 0 Å². The number of rotatable bonds is 9. The van der Waals surface area contributed by atoms with Gasteiger partial charge in [-0.3, -0.25) is 0 Å². The Kier molecular flexibility index (Phi) is 10.9. The standard InChI is InChI=1S/C44H60N2O2/c1-41(2,3)33-23-31(39(47)35(25-33)43(7,8)9)27-45-37(29-19-15-13-16-20-29)38(30-21-17-14-18-22-30)46-28-32-24-34(42(4,5)6)26-36(40(32)48)44(10,11)12/h13-26,37-38,45-48H,27-28H2,1-12H3/t37-,38?/m0/s1. The van der Waals surface area contributed by atoms with E-state index in [1.54, 1.807) is 0 Å². The quantitative estimate of drug-likeness (QED) is 0.146. The second-order valence-electron chi connectivity index (χ2n) is 17.6. The zero-order valence-electron chi connectivity index (χ0n) is 31.5. The minimum atomic E-state index is -0.206. The molecule has 4 heteroatoms. The number of aromatic hydroxyl groups is 2. The molecule has 2 atom stereocenters. The summed E-state index contributed by atoms with van der Waals surface area (Å²) in [5.74, 6) is 0.718. The number of hydrogen-bond acceptors (Lipinski definition) is 4. The van der Waals surface area contributed by atoms with Gasteiger partial charge in [-0.1, -0.05) is 168 Å². The van der Waals surface area contributed by atoms with Gasteiger partial charge in [0.2, 0.25) is 0 Å². The predicted octanol–water partition coefficient (Wildman–Crippen LogP) is 10.6. The van der Waals surface area contributed by atoms with Gasteiger partial charge in [0.15, 0.2) is 0 Å². The molecule has 0 spiro atoms. The molecule has 0 heterocycles. The lowest BCUT2D eigenvalue weighted by atomic mass is 9.78. The smallest absolute Gasteiger partial charge is 0.123 e. The normalized spacial score (nSPS) is 14.2. The molecule has 0 saturated heterocycles. The van der Waals surface area contributed by atoms with Gasteiger partial charge in [-0.25, -0.2) is 0 Å². The SMILES string of the molecule is CC(C)(C)c1cc(CNC(c2ccccc2)[C@@H](NCc2cc(C(C)(C)C)cc(C(C)(C)C)c2O)c2ccccc2)c(O)c(C(C)(C)C)c1. The van der Waals surface area contributed by atoms with Crippen molar-refractivity contribution in [2.24, 2.45) is 0 Å². The van der Waals surface area contributed by atoms with Crippen LogP contribution >= 0.6 is 0 Å². The molecule has 48 heavy (non-hydrogen) atoms. The third-order valence-corrected chi connectivity index (χ3v) is 9.40. The summed E-state index contributed by atoms with van der Waals surface area (Å²) < 4.78 is 0. The van der Waals surface area contributed by atoms with E-state index in [9.17, 15) is 10.2 Å². The first-order valence-electron chi connectivity index (χ1n) is 17.5. The number of phenols is 2. The Labute approximate surface area is 291 Å². The molecule has 1 unspecified atom stereocenters. The van der Waals surface area contributed by atoms with E-state index >= 15 is 0 Å². The minimum absolute atomic E-state index is 0.0646. The third kappa shape index (κ3) is 8.89. The van der Waals surface area contributed by atoms with Gasteiger partial charge in [-0.05, 0) is 55.0 Å². The number of hydrogen-bond donors (Lipinski definition) is 4. The zero-order valence-corrected chi connectivity index (χ0v) is 31.5. The van der Waals surface area contributed by atoms with Crippen LogP contribution in [0, 0.1) is 0 Å². The molecule has 4 nitrogen and oxygen atoms in total. The van der Waals surface area contributed by atoms with Gasteiger partial charge in [0.25, 0.3) is 0 Å². The fourth-order valence-corrected chi connectivity index (χ4v) is 6.28. The number of phenolic OH excluding ortho intramolecular Hbond substituents is 2. The fourth-order valence-electron chi connectivity index (χ4n) is 6.28. The lowest BCUT2D eigenvalue weighted by Crippen LogP contribution is -2.35. The Balaban J connectivity index is 1.80. The van der Waals surface area contributed by atoms with Gasteiger partial charge in [0.1, 0.15) is 11.5 Å². The van der Waals surface area contributed by atoms with Crippen molar-refractivity contribution >= 4 is 0 Å². The Morgan fingerprint density at radius 1 is 0.458 bits per heavy atom. The maximum absolute atomic E-state index is 11.6. The van der Waals surface area contributed by atoms with Gasteiger partial charge >= 0.3 is 0 Å². The summed E-state index contributed by atoms with van der Waals surface area (Å²) in [6.07, 6.45) is 0. The molecular formula is C44H60N2O2. The molecule has 4 rings (SSSR count). The summed E-state index contributed by atoms with van der Waals surface area (Å²) in [6, 6.07) is 29.4. The van der Waals surface area contributed by atoms with Gasteiger partial charge in [-0.2, -0.15) is 0 Å². The maximum Gasteiger partial charge on any atom is 0.123 e. The average Bonchev–Trinajstić information content (AvgIpc) is 2.98. The summed E-state index contributed by atoms with van der Waals surface area (Å²) in [7, 11) is 0. The molecule has 4 N–H and O–H groups in total. The van der Waals surface area contributed by atoms with E-state index in [-0.39, 0.29) is 33.7 Å². The summed E-state index contributed by atoms with van der Waals surface area (Å²) in [5.41, 5.74) is 7.87. The van der Waals surface area contributed by atoms with E-state index in [2.05, 4.69) is 167 Å². The highest BCUT2D eigenvalue weighted by atomic mass is 16.3. The van der Waals surface area contributed by atoms with Gasteiger partial charge < -0.3 is 20.8 Å². The van der Waals surface area contributed by atoms with Gasteiger partial charge in [0.05, 0.1) is 12.1 Å². The highest BCUT2D eigenvalue weighted by molar-refractivity contribution is 5.50. The van der Waals surface area contributed by atoms with E-state index in [0.29, 0.717) is 24.6 Å². The Morgan fingerprint density at radius 3 is 1.04 bits per heavy atom. The van der Waals surface area contributed by atoms with Crippen molar-refractivity contribution in [2.75, 3.05) is 0 Å². The molecule has 0 aliphatic carbocycles. The van der Waals surface area contributed by atoms with Gasteiger partial charge in [0, 0.05) is 24.2 Å². The summed E-state index contributed by atoms with van der Waals surface area (Å²) in [4.78, 5) is 0. The van der Waals surface area contributed by atoms with E-state index < -0.39 is 0 Å². The predicted molar refractivity (Wildman–Crippen MR) is 203 cm³/mol. The molecular weight excluding hydrogens is 588 g/mol. The summed E-state index contributed by atoms with van der Waals surface area (Å²) in [5, 5.41) is 31.0. The largest absolute Gasteiger partial charge is 0.507 e. The van der Waals surface area contributed by atoms with E-state index in [1.807, 2.05) is 12.1 Å². The molecule has 0 radical (unpaired) electrons. The van der Waals surface area contributed by atoms with Crippen molar-refractivity contribution in [2.45, 2.75) is 130 Å². The average molecular weight is 649 g/mol. The van der Waals surface area contributed by atoms with Crippen molar-refractivity contribution in [3.8, 4) is 11.5 Å². The Hall–Kier alpha value is -3.60. The zero-order chi connectivity index (χ0) is 35.7. The van der Waals surface area contributed by atoms with Crippen molar-refractivity contribution in [1.29, 1.82) is 0 Å². The molecule has 0 saturated carbocycles. The second kappa shape index (κ2) is 14.1. The minimum Gasteiger partial charge on any atom is -0.507 e. The second-order valence-corrected chi connectivity index (χ2v) is 17.6. The maximum atomic E-state index is 11.6. The van der Waals surface area contributed by atoms with Crippen molar-refractivity contribution in [1.82, 2.24) is 10.6 Å². The van der Waals surface area contributed by atoms with Crippen molar-refractivity contribution in [3.05, 3.63) is 129 Å². The molecule has 0 bridgehead atoms. The monoisotopic (exact) mass is 648 g/mol. The third-order valence-electron chi connectivity index (χ3n) is 9.40. The number of nitrogens with one attached hydrogen (secondary N) is 2. The highest BCUT2D eigenvalue weighted by Crippen LogP contribution is 2.40. The van der Waals surface area contributed by atoms with Crippen LogP contribution in [0.4, 0.5) is 0 Å². The van der Waals surface area contributed by atoms with E-state index in [1.165, 1.54) is 11.1 Å². The van der Waals surface area contributed by atoms with Crippen LogP contribution in [-0.2, 0) is 34.7 Å². The van der Waals surface area contributed by atoms with Crippen LogP contribution in [0.3, 0.4) is 0 Å². The van der Waals surface area contributed by atoms with Crippen LogP contribution < -0.4 is 10.6 Å². The Morgan fingerprint density at radius 2 is 0.771 bits per heavy atom. The molecule has 258 valence electrons.